The smallest absolute Gasteiger partial charge is 0.320 e. The molecule has 2 atom stereocenters. The molecular formula is C13H14Br2N2O2. The molecule has 2 heterocycles. The van der Waals surface area contributed by atoms with Gasteiger partial charge in [-0.3, -0.25) is 4.90 Å². The number of benzene rings is 1. The second-order valence-electron chi connectivity index (χ2n) is 5.03. The summed E-state index contributed by atoms with van der Waals surface area (Å²) in [6.07, 6.45) is 0.752. The van der Waals surface area contributed by atoms with Crippen LogP contribution in [0.15, 0.2) is 21.1 Å². The van der Waals surface area contributed by atoms with Gasteiger partial charge in [0.2, 0.25) is 0 Å². The summed E-state index contributed by atoms with van der Waals surface area (Å²) < 4.78 is 8.02. The van der Waals surface area contributed by atoms with Crippen LogP contribution in [-0.4, -0.2) is 23.2 Å². The van der Waals surface area contributed by atoms with E-state index in [0.29, 0.717) is 6.54 Å². The predicted molar refractivity (Wildman–Crippen MR) is 79.1 cm³/mol. The van der Waals surface area contributed by atoms with E-state index in [4.69, 9.17) is 4.74 Å². The molecule has 2 aliphatic heterocycles. The Labute approximate surface area is 128 Å². The quantitative estimate of drug-likeness (QED) is 0.793. The van der Waals surface area contributed by atoms with E-state index < -0.39 is 5.72 Å². The molecule has 0 radical (unpaired) electrons. The van der Waals surface area contributed by atoms with Crippen molar-refractivity contribution in [2.45, 2.75) is 32.0 Å². The highest BCUT2D eigenvalue weighted by molar-refractivity contribution is 9.11. The van der Waals surface area contributed by atoms with E-state index in [0.717, 1.165) is 26.7 Å². The van der Waals surface area contributed by atoms with Crippen molar-refractivity contribution in [3.05, 3.63) is 26.6 Å². The van der Waals surface area contributed by atoms with Crippen LogP contribution in [0.2, 0.25) is 0 Å². The van der Waals surface area contributed by atoms with Crippen molar-refractivity contribution in [2.75, 3.05) is 6.54 Å². The Morgan fingerprint density at radius 1 is 1.53 bits per heavy atom. The fourth-order valence-electron chi connectivity index (χ4n) is 2.91. The zero-order chi connectivity index (χ0) is 13.8. The summed E-state index contributed by atoms with van der Waals surface area (Å²) in [4.78, 5) is 13.9. The summed E-state index contributed by atoms with van der Waals surface area (Å²) in [6.45, 7) is 4.55. The van der Waals surface area contributed by atoms with Gasteiger partial charge >= 0.3 is 6.03 Å². The van der Waals surface area contributed by atoms with E-state index in [1.54, 1.807) is 4.90 Å². The minimum Gasteiger partial charge on any atom is -0.466 e. The van der Waals surface area contributed by atoms with Crippen LogP contribution in [0.5, 0.6) is 5.75 Å². The number of fused-ring (bicyclic) bond motifs is 4. The first-order valence-corrected chi connectivity index (χ1v) is 7.79. The highest BCUT2D eigenvalue weighted by Crippen LogP contribution is 2.47. The number of nitrogens with one attached hydrogen (secondary N) is 1. The van der Waals surface area contributed by atoms with Crippen LogP contribution >= 0.6 is 31.9 Å². The maximum Gasteiger partial charge on any atom is 0.320 e. The first-order chi connectivity index (χ1) is 8.94. The number of halogens is 2. The van der Waals surface area contributed by atoms with Crippen molar-refractivity contribution in [3.63, 3.8) is 0 Å². The Morgan fingerprint density at radius 3 is 2.95 bits per heavy atom. The molecule has 102 valence electrons. The molecule has 6 heteroatoms. The maximum atomic E-state index is 12.1. The van der Waals surface area contributed by atoms with Gasteiger partial charge in [0.15, 0.2) is 5.72 Å². The van der Waals surface area contributed by atoms with E-state index in [-0.39, 0.29) is 12.1 Å². The molecule has 3 rings (SSSR count). The lowest BCUT2D eigenvalue weighted by molar-refractivity contribution is -0.0820. The normalized spacial score (nSPS) is 28.5. The van der Waals surface area contributed by atoms with Crippen LogP contribution in [-0.2, 0) is 0 Å². The van der Waals surface area contributed by atoms with Gasteiger partial charge in [-0.15, -0.1) is 0 Å². The zero-order valence-electron chi connectivity index (χ0n) is 10.7. The van der Waals surface area contributed by atoms with Crippen LogP contribution in [0.4, 0.5) is 4.79 Å². The highest BCUT2D eigenvalue weighted by atomic mass is 79.9. The Kier molecular flexibility index (Phi) is 3.05. The Bertz CT molecular complexity index is 564. The van der Waals surface area contributed by atoms with Gasteiger partial charge in [-0.1, -0.05) is 15.9 Å². The number of urea groups is 1. The second-order valence-corrected chi connectivity index (χ2v) is 6.80. The van der Waals surface area contributed by atoms with E-state index in [1.165, 1.54) is 0 Å². The summed E-state index contributed by atoms with van der Waals surface area (Å²) in [5.74, 6) is 0.820. The topological polar surface area (TPSA) is 41.6 Å². The third-order valence-electron chi connectivity index (χ3n) is 3.75. The molecule has 1 fully saturated rings. The van der Waals surface area contributed by atoms with Gasteiger partial charge in [0.25, 0.3) is 0 Å². The molecule has 0 spiro atoms. The fourth-order valence-corrected chi connectivity index (χ4v) is 4.25. The summed E-state index contributed by atoms with van der Waals surface area (Å²) in [5, 5.41) is 3.05. The molecule has 2 unspecified atom stereocenters. The average Bonchev–Trinajstić information content (AvgIpc) is 2.31. The Balaban J connectivity index is 2.13. The van der Waals surface area contributed by atoms with Crippen molar-refractivity contribution in [3.8, 4) is 5.75 Å². The number of carbonyl (C=O) groups is 1. The summed E-state index contributed by atoms with van der Waals surface area (Å²) in [7, 11) is 0. The Morgan fingerprint density at radius 2 is 2.26 bits per heavy atom. The van der Waals surface area contributed by atoms with Crippen molar-refractivity contribution >= 4 is 37.9 Å². The molecule has 0 aliphatic carbocycles. The van der Waals surface area contributed by atoms with Gasteiger partial charge in [-0.05, 0) is 41.9 Å². The molecule has 0 saturated carbocycles. The summed E-state index contributed by atoms with van der Waals surface area (Å²) in [6, 6.07) is 3.90. The number of ether oxygens (including phenoxy) is 1. The summed E-state index contributed by atoms with van der Waals surface area (Å²) in [5.41, 5.74) is 0.438. The van der Waals surface area contributed by atoms with Gasteiger partial charge in [0.05, 0.1) is 10.5 Å². The molecule has 0 aromatic heterocycles. The van der Waals surface area contributed by atoms with Crippen molar-refractivity contribution in [1.82, 2.24) is 10.2 Å². The van der Waals surface area contributed by atoms with Gasteiger partial charge in [0.1, 0.15) is 5.75 Å². The van der Waals surface area contributed by atoms with E-state index in [2.05, 4.69) is 37.2 Å². The highest BCUT2D eigenvalue weighted by Gasteiger charge is 2.48. The molecule has 2 bridgehead atoms. The van der Waals surface area contributed by atoms with Crippen LogP contribution in [0.25, 0.3) is 0 Å². The molecule has 19 heavy (non-hydrogen) atoms. The number of hydrogen-bond donors (Lipinski definition) is 1. The van der Waals surface area contributed by atoms with E-state index in [9.17, 15) is 4.79 Å². The number of nitrogens with zero attached hydrogens (tertiary/aromatic N) is 1. The standard InChI is InChI=1S/C13H14Br2N2O2/c1-3-17-12(18)16-10-6-13(17,2)19-11-8(10)4-7(14)5-9(11)15/h4-5,10H,3,6H2,1-2H3,(H,16,18). The van der Waals surface area contributed by atoms with Crippen LogP contribution in [0.3, 0.4) is 0 Å². The van der Waals surface area contributed by atoms with Crippen molar-refractivity contribution < 1.29 is 9.53 Å². The SMILES string of the molecule is CCN1C(=O)NC2CC1(C)Oc1c(Br)cc(Br)cc12. The largest absolute Gasteiger partial charge is 0.466 e. The van der Waals surface area contributed by atoms with Gasteiger partial charge < -0.3 is 10.1 Å². The number of amides is 2. The molecule has 1 aromatic carbocycles. The lowest BCUT2D eigenvalue weighted by Crippen LogP contribution is -2.64. The molecule has 1 N–H and O–H groups in total. The predicted octanol–water partition coefficient (Wildman–Crippen LogP) is 3.80. The van der Waals surface area contributed by atoms with Crippen LogP contribution in [0, 0.1) is 0 Å². The molecule has 1 aromatic rings. The fraction of sp³-hybridized carbons (Fsp3) is 0.462. The number of carbonyl (C=O) groups excluding carboxylic acids is 1. The zero-order valence-corrected chi connectivity index (χ0v) is 13.8. The minimum absolute atomic E-state index is 0.00199. The average molecular weight is 390 g/mol. The van der Waals surface area contributed by atoms with E-state index in [1.807, 2.05) is 26.0 Å². The van der Waals surface area contributed by atoms with Gasteiger partial charge in [-0.25, -0.2) is 4.79 Å². The van der Waals surface area contributed by atoms with Crippen molar-refractivity contribution in [2.24, 2.45) is 0 Å². The lowest BCUT2D eigenvalue weighted by Gasteiger charge is -2.50. The first-order valence-electron chi connectivity index (χ1n) is 6.20. The minimum atomic E-state index is -0.578. The van der Waals surface area contributed by atoms with Gasteiger partial charge in [0, 0.05) is 23.0 Å². The molecule has 2 amide bonds. The third kappa shape index (κ3) is 1.96. The molecule has 1 saturated heterocycles. The Hall–Kier alpha value is -0.750. The molecule has 2 aliphatic rings. The third-order valence-corrected chi connectivity index (χ3v) is 4.79. The maximum absolute atomic E-state index is 12.1. The molecular weight excluding hydrogens is 376 g/mol. The number of rotatable bonds is 1. The van der Waals surface area contributed by atoms with Crippen LogP contribution < -0.4 is 10.1 Å². The van der Waals surface area contributed by atoms with Gasteiger partial charge in [-0.2, -0.15) is 0 Å². The van der Waals surface area contributed by atoms with E-state index >= 15 is 0 Å². The second kappa shape index (κ2) is 4.38. The number of hydrogen-bond acceptors (Lipinski definition) is 2. The van der Waals surface area contributed by atoms with Crippen molar-refractivity contribution in [1.29, 1.82) is 0 Å². The van der Waals surface area contributed by atoms with Crippen LogP contribution in [0.1, 0.15) is 31.9 Å². The lowest BCUT2D eigenvalue weighted by atomic mass is 9.90. The molecule has 4 nitrogen and oxygen atoms in total. The first kappa shape index (κ1) is 13.2. The summed E-state index contributed by atoms with van der Waals surface area (Å²) >= 11 is 7.01. The monoisotopic (exact) mass is 388 g/mol.